The number of amides is 1. The first-order valence-electron chi connectivity index (χ1n) is 8.86. The molecule has 1 aliphatic rings. The first-order valence-corrected chi connectivity index (χ1v) is 8.86. The van der Waals surface area contributed by atoms with E-state index in [1.54, 1.807) is 0 Å². The Hall–Kier alpha value is -1.39. The molecule has 1 atom stereocenters. The Kier molecular flexibility index (Phi) is 7.56. The number of benzene rings is 1. The third kappa shape index (κ3) is 6.32. The average molecular weight is 318 g/mol. The molecule has 1 heterocycles. The Morgan fingerprint density at radius 1 is 1.35 bits per heavy atom. The molecule has 1 aromatic rings. The number of nitrogens with zero attached hydrogens (tertiary/aromatic N) is 1. The number of rotatable bonds is 8. The summed E-state index contributed by atoms with van der Waals surface area (Å²) in [5, 5.41) is 2.94. The van der Waals surface area contributed by atoms with Crippen molar-refractivity contribution in [2.45, 2.75) is 39.7 Å². The second-order valence-electron chi connectivity index (χ2n) is 6.49. The van der Waals surface area contributed by atoms with Crippen molar-refractivity contribution in [3.05, 3.63) is 35.4 Å². The minimum atomic E-state index is -0.000330. The largest absolute Gasteiger partial charge is 0.382 e. The van der Waals surface area contributed by atoms with Gasteiger partial charge in [-0.2, -0.15) is 0 Å². The smallest absolute Gasteiger partial charge is 0.251 e. The molecule has 23 heavy (non-hydrogen) atoms. The van der Waals surface area contributed by atoms with E-state index in [1.165, 1.54) is 31.5 Å². The zero-order valence-electron chi connectivity index (χ0n) is 14.5. The van der Waals surface area contributed by atoms with E-state index >= 15 is 0 Å². The van der Waals surface area contributed by atoms with Crippen LogP contribution in [-0.2, 0) is 11.3 Å². The van der Waals surface area contributed by atoms with Crippen LogP contribution < -0.4 is 5.32 Å². The van der Waals surface area contributed by atoms with Crippen LogP contribution in [0.3, 0.4) is 0 Å². The van der Waals surface area contributed by atoms with Crippen LogP contribution in [-0.4, -0.2) is 43.7 Å². The van der Waals surface area contributed by atoms with Gasteiger partial charge in [0.15, 0.2) is 0 Å². The number of hydrogen-bond acceptors (Lipinski definition) is 3. The molecule has 1 saturated heterocycles. The highest BCUT2D eigenvalue weighted by Crippen LogP contribution is 2.18. The molecule has 0 saturated carbocycles. The number of carbonyl (C=O) groups excluding carboxylic acids is 1. The van der Waals surface area contributed by atoms with Crippen molar-refractivity contribution in [1.82, 2.24) is 10.2 Å². The van der Waals surface area contributed by atoms with Crippen molar-refractivity contribution in [3.63, 3.8) is 0 Å². The van der Waals surface area contributed by atoms with Gasteiger partial charge in [0, 0.05) is 38.4 Å². The van der Waals surface area contributed by atoms with E-state index in [4.69, 9.17) is 4.74 Å². The highest BCUT2D eigenvalue weighted by Gasteiger charge is 2.16. The summed E-state index contributed by atoms with van der Waals surface area (Å²) >= 11 is 0. The molecule has 0 aromatic heterocycles. The zero-order chi connectivity index (χ0) is 16.5. The monoisotopic (exact) mass is 318 g/mol. The maximum Gasteiger partial charge on any atom is 0.251 e. The van der Waals surface area contributed by atoms with E-state index in [1.807, 2.05) is 19.1 Å². The van der Waals surface area contributed by atoms with Gasteiger partial charge in [-0.15, -0.1) is 0 Å². The van der Waals surface area contributed by atoms with Crippen molar-refractivity contribution in [2.75, 3.05) is 32.8 Å². The summed E-state index contributed by atoms with van der Waals surface area (Å²) < 4.78 is 5.26. The molecule has 0 spiro atoms. The van der Waals surface area contributed by atoms with Gasteiger partial charge in [0.1, 0.15) is 0 Å². The zero-order valence-corrected chi connectivity index (χ0v) is 14.5. The van der Waals surface area contributed by atoms with Gasteiger partial charge in [0.2, 0.25) is 0 Å². The highest BCUT2D eigenvalue weighted by atomic mass is 16.5. The molecular formula is C19H30N2O2. The fourth-order valence-electron chi connectivity index (χ4n) is 3.07. The molecule has 0 unspecified atom stereocenters. The van der Waals surface area contributed by atoms with Crippen molar-refractivity contribution in [3.8, 4) is 0 Å². The van der Waals surface area contributed by atoms with E-state index in [-0.39, 0.29) is 5.91 Å². The summed E-state index contributed by atoms with van der Waals surface area (Å²) in [5.41, 5.74) is 2.02. The molecule has 4 nitrogen and oxygen atoms in total. The number of piperidine rings is 1. The van der Waals surface area contributed by atoms with Crippen molar-refractivity contribution in [2.24, 2.45) is 5.92 Å². The van der Waals surface area contributed by atoms with Crippen LogP contribution in [0.15, 0.2) is 24.3 Å². The normalized spacial score (nSPS) is 18.8. The van der Waals surface area contributed by atoms with Crippen LogP contribution in [0.2, 0.25) is 0 Å². The second-order valence-corrected chi connectivity index (χ2v) is 6.49. The molecule has 4 heteroatoms. The fourth-order valence-corrected chi connectivity index (χ4v) is 3.07. The Bertz CT molecular complexity index is 473. The number of carbonyl (C=O) groups is 1. The molecular weight excluding hydrogens is 288 g/mol. The van der Waals surface area contributed by atoms with Gasteiger partial charge in [-0.05, 0) is 56.3 Å². The number of nitrogens with one attached hydrogen (secondary N) is 1. The summed E-state index contributed by atoms with van der Waals surface area (Å²) in [4.78, 5) is 14.6. The highest BCUT2D eigenvalue weighted by molar-refractivity contribution is 5.94. The molecule has 1 fully saturated rings. The maximum atomic E-state index is 12.1. The van der Waals surface area contributed by atoms with Crippen LogP contribution in [0.25, 0.3) is 0 Å². The topological polar surface area (TPSA) is 41.6 Å². The average Bonchev–Trinajstić information content (AvgIpc) is 2.55. The summed E-state index contributed by atoms with van der Waals surface area (Å²) in [6.45, 7) is 9.74. The van der Waals surface area contributed by atoms with E-state index in [0.717, 1.165) is 31.1 Å². The second kappa shape index (κ2) is 9.68. The quantitative estimate of drug-likeness (QED) is 0.749. The number of ether oxygens (including phenoxy) is 1. The summed E-state index contributed by atoms with van der Waals surface area (Å²) in [6, 6.07) is 8.02. The molecule has 1 aromatic carbocycles. The maximum absolute atomic E-state index is 12.1. The van der Waals surface area contributed by atoms with Crippen molar-refractivity contribution < 1.29 is 9.53 Å². The molecule has 2 rings (SSSR count). The molecule has 0 bridgehead atoms. The Morgan fingerprint density at radius 2 is 2.13 bits per heavy atom. The molecule has 128 valence electrons. The Labute approximate surface area is 140 Å². The van der Waals surface area contributed by atoms with E-state index in [0.29, 0.717) is 13.2 Å². The van der Waals surface area contributed by atoms with Crippen LogP contribution in [0.4, 0.5) is 0 Å². The molecule has 1 aliphatic heterocycles. The van der Waals surface area contributed by atoms with Gasteiger partial charge in [0.25, 0.3) is 5.91 Å². The number of hydrogen-bond donors (Lipinski definition) is 1. The van der Waals surface area contributed by atoms with E-state index in [9.17, 15) is 4.79 Å². The van der Waals surface area contributed by atoms with Gasteiger partial charge >= 0.3 is 0 Å². The summed E-state index contributed by atoms with van der Waals surface area (Å²) in [7, 11) is 0. The Balaban J connectivity index is 1.76. The van der Waals surface area contributed by atoms with Crippen LogP contribution in [0.5, 0.6) is 0 Å². The summed E-state index contributed by atoms with van der Waals surface area (Å²) in [5.74, 6) is 0.796. The van der Waals surface area contributed by atoms with Gasteiger partial charge in [0.05, 0.1) is 0 Å². The molecule has 1 amide bonds. The lowest BCUT2D eigenvalue weighted by molar-refractivity contribution is 0.0944. The van der Waals surface area contributed by atoms with Crippen LogP contribution >= 0.6 is 0 Å². The first-order chi connectivity index (χ1) is 11.2. The lowest BCUT2D eigenvalue weighted by Crippen LogP contribution is -2.33. The minimum absolute atomic E-state index is 0.000330. The lowest BCUT2D eigenvalue weighted by Gasteiger charge is -2.30. The lowest BCUT2D eigenvalue weighted by atomic mass is 9.99. The third-order valence-corrected chi connectivity index (χ3v) is 4.32. The van der Waals surface area contributed by atoms with Gasteiger partial charge < -0.3 is 10.1 Å². The third-order valence-electron chi connectivity index (χ3n) is 4.32. The van der Waals surface area contributed by atoms with Gasteiger partial charge in [-0.1, -0.05) is 19.1 Å². The molecule has 0 aliphatic carbocycles. The fraction of sp³-hybridized carbons (Fsp3) is 0.632. The van der Waals surface area contributed by atoms with Crippen LogP contribution in [0.1, 0.15) is 49.0 Å². The molecule has 0 radical (unpaired) electrons. The Morgan fingerprint density at radius 3 is 2.83 bits per heavy atom. The minimum Gasteiger partial charge on any atom is -0.382 e. The molecule has 1 N–H and O–H groups in total. The first kappa shape index (κ1) is 18.0. The van der Waals surface area contributed by atoms with E-state index in [2.05, 4.69) is 29.3 Å². The SMILES string of the molecule is CCOCCCNC(=O)c1ccc(CN2CCC[C@H](C)C2)cc1. The van der Waals surface area contributed by atoms with Crippen LogP contribution in [0, 0.1) is 5.92 Å². The van der Waals surface area contributed by atoms with Gasteiger partial charge in [-0.25, -0.2) is 0 Å². The standard InChI is InChI=1S/C19H30N2O2/c1-3-23-13-5-11-20-19(22)18-9-7-17(8-10-18)15-21-12-4-6-16(2)14-21/h7-10,16H,3-6,11-15H2,1-2H3,(H,20,22)/t16-/m0/s1. The number of likely N-dealkylation sites (tertiary alicyclic amines) is 1. The van der Waals surface area contributed by atoms with Crippen molar-refractivity contribution >= 4 is 5.91 Å². The van der Waals surface area contributed by atoms with Crippen molar-refractivity contribution in [1.29, 1.82) is 0 Å². The van der Waals surface area contributed by atoms with Gasteiger partial charge in [-0.3, -0.25) is 9.69 Å². The summed E-state index contributed by atoms with van der Waals surface area (Å²) in [6.07, 6.45) is 3.49. The van der Waals surface area contributed by atoms with E-state index < -0.39 is 0 Å². The predicted octanol–water partition coefficient (Wildman–Crippen LogP) is 3.07. The predicted molar refractivity (Wildman–Crippen MR) is 93.6 cm³/mol.